The summed E-state index contributed by atoms with van der Waals surface area (Å²) in [5, 5.41) is 10.8. The average molecular weight is 573 g/mol. The SMILES string of the molecule is CC(=O)O[C@H]1C[C@@]2(C)[C@@H]3CC[C@H]4C(C)(C)[C@@H](OC(C)=O)CC[C@@]45C[C@@]35CC(=O)[C@]2(C)[C@H]1[C@@]1(C)CC[C@@H](C(C)(C)O)O1. The number of fused-ring (bicyclic) bond motifs is 2. The van der Waals surface area contributed by atoms with Crippen LogP contribution in [0.3, 0.4) is 0 Å². The van der Waals surface area contributed by atoms with Crippen LogP contribution in [0.2, 0.25) is 0 Å². The van der Waals surface area contributed by atoms with Crippen molar-refractivity contribution < 1.29 is 33.7 Å². The molecule has 2 spiro atoms. The lowest BCUT2D eigenvalue weighted by molar-refractivity contribution is -0.201. The van der Waals surface area contributed by atoms with E-state index >= 15 is 0 Å². The fraction of sp³-hybridized carbons (Fsp3) is 0.912. The van der Waals surface area contributed by atoms with Crippen LogP contribution in [0, 0.1) is 44.8 Å². The first-order chi connectivity index (χ1) is 18.8. The molecule has 6 aliphatic rings. The Kier molecular flexibility index (Phi) is 6.19. The number of ketones is 1. The lowest BCUT2D eigenvalue weighted by atomic mass is 9.41. The van der Waals surface area contributed by atoms with Gasteiger partial charge in [0.05, 0.1) is 17.3 Å². The first-order valence-electron chi connectivity index (χ1n) is 16.1. The number of carbonyl (C=O) groups is 3. The Balaban J connectivity index is 1.39. The van der Waals surface area contributed by atoms with Crippen LogP contribution in [-0.4, -0.2) is 52.3 Å². The van der Waals surface area contributed by atoms with E-state index in [1.54, 1.807) is 13.8 Å². The van der Waals surface area contributed by atoms with Gasteiger partial charge in [-0.2, -0.15) is 0 Å². The lowest BCUT2D eigenvalue weighted by Crippen LogP contribution is -2.63. The summed E-state index contributed by atoms with van der Waals surface area (Å²) in [5.41, 5.74) is -2.79. The van der Waals surface area contributed by atoms with Crippen LogP contribution >= 0.6 is 0 Å². The van der Waals surface area contributed by atoms with E-state index in [-0.39, 0.29) is 51.7 Å². The van der Waals surface area contributed by atoms with Crippen LogP contribution in [0.25, 0.3) is 0 Å². The maximum Gasteiger partial charge on any atom is 0.302 e. The summed E-state index contributed by atoms with van der Waals surface area (Å²) in [6.45, 7) is 17.6. The number of hydrogen-bond donors (Lipinski definition) is 1. The molecule has 6 rings (SSSR count). The number of hydrogen-bond acceptors (Lipinski definition) is 7. The predicted octanol–water partition coefficient (Wildman–Crippen LogP) is 5.79. The molecule has 41 heavy (non-hydrogen) atoms. The van der Waals surface area contributed by atoms with Crippen molar-refractivity contribution >= 4 is 17.7 Å². The number of esters is 2. The Morgan fingerprint density at radius 3 is 2.12 bits per heavy atom. The first kappa shape index (κ1) is 29.6. The topological polar surface area (TPSA) is 99.1 Å². The van der Waals surface area contributed by atoms with Gasteiger partial charge in [0.2, 0.25) is 0 Å². The minimum atomic E-state index is -0.991. The first-order valence-corrected chi connectivity index (χ1v) is 16.1. The third-order valence-electron chi connectivity index (χ3n) is 14.2. The maximum atomic E-state index is 14.8. The van der Waals surface area contributed by atoms with Crippen LogP contribution in [0.15, 0.2) is 0 Å². The molecular weight excluding hydrogens is 520 g/mol. The summed E-state index contributed by atoms with van der Waals surface area (Å²) in [7, 11) is 0. The van der Waals surface area contributed by atoms with E-state index in [1.807, 2.05) is 0 Å². The summed E-state index contributed by atoms with van der Waals surface area (Å²) in [6.07, 6.45) is 6.86. The van der Waals surface area contributed by atoms with Crippen molar-refractivity contribution in [2.24, 2.45) is 44.8 Å². The van der Waals surface area contributed by atoms with Crippen molar-refractivity contribution in [3.63, 3.8) is 0 Å². The highest BCUT2D eigenvalue weighted by molar-refractivity contribution is 5.89. The molecule has 0 radical (unpaired) electrons. The summed E-state index contributed by atoms with van der Waals surface area (Å²) < 4.78 is 18.7. The second-order valence-electron chi connectivity index (χ2n) is 16.8. The zero-order valence-electron chi connectivity index (χ0n) is 26.7. The molecule has 0 aromatic heterocycles. The Labute approximate surface area is 245 Å². The van der Waals surface area contributed by atoms with E-state index in [1.165, 1.54) is 13.8 Å². The van der Waals surface area contributed by atoms with E-state index in [2.05, 4.69) is 34.6 Å². The smallest absolute Gasteiger partial charge is 0.302 e. The molecule has 0 amide bonds. The second kappa shape index (κ2) is 8.58. The minimum absolute atomic E-state index is 0.0392. The molecule has 6 fully saturated rings. The van der Waals surface area contributed by atoms with Crippen LogP contribution in [0.5, 0.6) is 0 Å². The van der Waals surface area contributed by atoms with Gasteiger partial charge in [-0.3, -0.25) is 14.4 Å². The molecule has 0 bridgehead atoms. The largest absolute Gasteiger partial charge is 0.462 e. The van der Waals surface area contributed by atoms with Crippen molar-refractivity contribution in [3.8, 4) is 0 Å². The van der Waals surface area contributed by atoms with Crippen molar-refractivity contribution in [2.75, 3.05) is 0 Å². The molecule has 0 unspecified atom stereocenters. The van der Waals surface area contributed by atoms with Gasteiger partial charge >= 0.3 is 11.9 Å². The zero-order valence-corrected chi connectivity index (χ0v) is 26.7. The number of aliphatic hydroxyl groups is 1. The van der Waals surface area contributed by atoms with Crippen molar-refractivity contribution in [1.29, 1.82) is 0 Å². The summed E-state index contributed by atoms with van der Waals surface area (Å²) in [5.74, 6) is 0.264. The minimum Gasteiger partial charge on any atom is -0.462 e. The molecule has 1 N–H and O–H groups in total. The predicted molar refractivity (Wildman–Crippen MR) is 153 cm³/mol. The monoisotopic (exact) mass is 572 g/mol. The Bertz CT molecular complexity index is 1170. The summed E-state index contributed by atoms with van der Waals surface area (Å²) in [6, 6.07) is 0. The van der Waals surface area contributed by atoms with E-state index in [0.29, 0.717) is 36.9 Å². The molecule has 1 saturated heterocycles. The van der Waals surface area contributed by atoms with E-state index in [0.717, 1.165) is 38.5 Å². The zero-order chi connectivity index (χ0) is 30.2. The van der Waals surface area contributed by atoms with Gasteiger partial charge in [-0.05, 0) is 100 Å². The van der Waals surface area contributed by atoms with Gasteiger partial charge in [0.15, 0.2) is 0 Å². The fourth-order valence-electron chi connectivity index (χ4n) is 12.5. The van der Waals surface area contributed by atoms with Gasteiger partial charge in [-0.1, -0.05) is 27.7 Å². The Hall–Kier alpha value is -1.47. The molecule has 5 aliphatic carbocycles. The highest BCUT2D eigenvalue weighted by atomic mass is 16.6. The number of ether oxygens (including phenoxy) is 3. The van der Waals surface area contributed by atoms with Gasteiger partial charge in [-0.15, -0.1) is 0 Å². The molecule has 0 aromatic rings. The number of Topliss-reactive ketones (excluding diaryl/α,β-unsaturated/α-hetero) is 1. The quantitative estimate of drug-likeness (QED) is 0.426. The van der Waals surface area contributed by atoms with Gasteiger partial charge < -0.3 is 19.3 Å². The molecular formula is C34H52O7. The van der Waals surface area contributed by atoms with Gasteiger partial charge in [0.1, 0.15) is 18.0 Å². The van der Waals surface area contributed by atoms with Crippen molar-refractivity contribution in [3.05, 3.63) is 0 Å². The average Bonchev–Trinajstić information content (AvgIpc) is 3.17. The van der Waals surface area contributed by atoms with Crippen LogP contribution in [0.4, 0.5) is 0 Å². The summed E-state index contributed by atoms with van der Waals surface area (Å²) >= 11 is 0. The van der Waals surface area contributed by atoms with Crippen LogP contribution in [0.1, 0.15) is 120 Å². The lowest BCUT2D eigenvalue weighted by Gasteiger charge is -2.62. The number of carbonyl (C=O) groups excluding carboxylic acids is 3. The van der Waals surface area contributed by atoms with E-state index in [4.69, 9.17) is 14.2 Å². The molecule has 7 heteroatoms. The molecule has 11 atom stereocenters. The Morgan fingerprint density at radius 2 is 1.54 bits per heavy atom. The third kappa shape index (κ3) is 3.66. The van der Waals surface area contributed by atoms with E-state index in [9.17, 15) is 19.5 Å². The molecule has 0 aromatic carbocycles. The Morgan fingerprint density at radius 1 is 0.902 bits per heavy atom. The maximum absolute atomic E-state index is 14.8. The molecule has 7 nitrogen and oxygen atoms in total. The highest BCUT2D eigenvalue weighted by Crippen LogP contribution is 2.88. The van der Waals surface area contributed by atoms with Crippen LogP contribution < -0.4 is 0 Å². The van der Waals surface area contributed by atoms with Crippen LogP contribution in [-0.2, 0) is 28.6 Å². The van der Waals surface area contributed by atoms with E-state index < -0.39 is 22.7 Å². The third-order valence-corrected chi connectivity index (χ3v) is 14.2. The van der Waals surface area contributed by atoms with Gasteiger partial charge in [-0.25, -0.2) is 0 Å². The number of rotatable bonds is 4. The van der Waals surface area contributed by atoms with Gasteiger partial charge in [0, 0.05) is 37.0 Å². The van der Waals surface area contributed by atoms with Crippen molar-refractivity contribution in [2.45, 2.75) is 150 Å². The molecule has 1 heterocycles. The normalized spacial score (nSPS) is 51.6. The highest BCUT2D eigenvalue weighted by Gasteiger charge is 2.85. The second-order valence-corrected chi connectivity index (χ2v) is 16.8. The molecule has 230 valence electrons. The van der Waals surface area contributed by atoms with Gasteiger partial charge in [0.25, 0.3) is 0 Å². The standard InChI is InChI=1S/C34H52O7/c1-19(35)39-21-16-30(7)23-11-10-22-28(3,4)25(40-20(2)36)13-15-33(22)18-34(23,33)17-24(37)32(30,9)27(21)31(8)14-12-26(41-31)29(5,6)38/h21-23,25-27,38H,10-18H2,1-9H3/t21-,22-,23-,25-,26-,27+,30-,31+,32+,33+,34-/m0/s1. The fourth-order valence-corrected chi connectivity index (χ4v) is 12.5. The summed E-state index contributed by atoms with van der Waals surface area (Å²) in [4.78, 5) is 39.3. The molecule has 5 saturated carbocycles. The van der Waals surface area contributed by atoms with Crippen molar-refractivity contribution in [1.82, 2.24) is 0 Å². The molecule has 1 aliphatic heterocycles.